The fraction of sp³-hybridized carbons (Fsp3) is 0.208. The molecular formula is C24H25ClFN3O4S. The molecule has 0 radical (unpaired) electrons. The number of nitrogens with one attached hydrogen (secondary N) is 1. The third-order valence-electron chi connectivity index (χ3n) is 4.89. The van der Waals surface area contributed by atoms with Gasteiger partial charge in [-0.3, -0.25) is 9.10 Å². The van der Waals surface area contributed by atoms with Gasteiger partial charge in [0.2, 0.25) is 0 Å². The van der Waals surface area contributed by atoms with Crippen molar-refractivity contribution >= 4 is 33.4 Å². The number of anilines is 1. The molecule has 0 aliphatic carbocycles. The highest BCUT2D eigenvalue weighted by Crippen LogP contribution is 2.25. The second-order valence-corrected chi connectivity index (χ2v) is 9.95. The van der Waals surface area contributed by atoms with Crippen LogP contribution in [-0.4, -0.2) is 45.9 Å². The highest BCUT2D eigenvalue weighted by molar-refractivity contribution is 7.90. The topological polar surface area (TPSA) is 79.0 Å². The predicted molar refractivity (Wildman–Crippen MR) is 131 cm³/mol. The number of benzene rings is 3. The van der Waals surface area contributed by atoms with Crippen LogP contribution < -0.4 is 14.4 Å². The maximum absolute atomic E-state index is 14.4. The lowest BCUT2D eigenvalue weighted by molar-refractivity contribution is 0.0947. The number of carbonyl (C=O) groups is 1. The molecule has 3 rings (SSSR count). The molecule has 0 spiro atoms. The summed E-state index contributed by atoms with van der Waals surface area (Å²) < 4.78 is 47.6. The van der Waals surface area contributed by atoms with Gasteiger partial charge in [0.15, 0.2) is 0 Å². The van der Waals surface area contributed by atoms with E-state index in [0.29, 0.717) is 21.9 Å². The van der Waals surface area contributed by atoms with Gasteiger partial charge in [-0.1, -0.05) is 48.0 Å². The molecule has 0 aliphatic heterocycles. The number of hydrogen-bond acceptors (Lipinski definition) is 4. The molecule has 34 heavy (non-hydrogen) atoms. The van der Waals surface area contributed by atoms with Crippen LogP contribution in [-0.2, 0) is 16.8 Å². The number of amides is 1. The molecule has 0 saturated carbocycles. The van der Waals surface area contributed by atoms with Gasteiger partial charge in [-0.05, 0) is 42.0 Å². The molecule has 10 heteroatoms. The molecule has 0 aromatic heterocycles. The summed E-state index contributed by atoms with van der Waals surface area (Å²) >= 11 is 6.03. The van der Waals surface area contributed by atoms with Crippen LogP contribution in [0.5, 0.6) is 5.75 Å². The summed E-state index contributed by atoms with van der Waals surface area (Å²) in [6.07, 6.45) is 0. The molecule has 180 valence electrons. The quantitative estimate of drug-likeness (QED) is 0.421. The molecule has 0 heterocycles. The zero-order valence-corrected chi connectivity index (χ0v) is 20.3. The van der Waals surface area contributed by atoms with Crippen molar-refractivity contribution in [3.8, 4) is 5.75 Å². The lowest BCUT2D eigenvalue weighted by Gasteiger charge is -2.27. The summed E-state index contributed by atoms with van der Waals surface area (Å²) in [6.45, 7) is 0.413. The van der Waals surface area contributed by atoms with Gasteiger partial charge >= 0.3 is 10.2 Å². The van der Waals surface area contributed by atoms with Gasteiger partial charge in [-0.25, -0.2) is 4.39 Å². The first-order valence-electron chi connectivity index (χ1n) is 10.4. The Morgan fingerprint density at radius 1 is 1.00 bits per heavy atom. The molecule has 0 unspecified atom stereocenters. The van der Waals surface area contributed by atoms with Gasteiger partial charge in [-0.15, -0.1) is 0 Å². The standard InChI is InChI=1S/C24H25ClFN3O4S/c1-28(2)34(31,32)29(22-9-5-4-8-21(22)26)17-18-11-13-19(14-12-18)24(30)27-15-16-33-23-10-6-3-7-20(23)25/h3-14H,15-17H2,1-2H3,(H,27,30). The molecule has 1 amide bonds. The highest BCUT2D eigenvalue weighted by Gasteiger charge is 2.27. The summed E-state index contributed by atoms with van der Waals surface area (Å²) in [5.41, 5.74) is 0.929. The Balaban J connectivity index is 1.64. The zero-order chi connectivity index (χ0) is 24.7. The Hall–Kier alpha value is -3.14. The normalized spacial score (nSPS) is 11.3. The number of nitrogens with zero attached hydrogens (tertiary/aromatic N) is 2. The third kappa shape index (κ3) is 6.25. The molecule has 0 bridgehead atoms. The molecule has 0 saturated heterocycles. The van der Waals surface area contributed by atoms with Crippen molar-refractivity contribution in [1.29, 1.82) is 0 Å². The molecule has 0 aliphatic rings. The Morgan fingerprint density at radius 3 is 2.29 bits per heavy atom. The number of halogens is 2. The lowest BCUT2D eigenvalue weighted by Crippen LogP contribution is -2.40. The van der Waals surface area contributed by atoms with E-state index in [9.17, 15) is 17.6 Å². The van der Waals surface area contributed by atoms with E-state index in [1.165, 1.54) is 32.3 Å². The number of carbonyl (C=O) groups excluding carboxylic acids is 1. The van der Waals surface area contributed by atoms with E-state index in [2.05, 4.69) is 5.32 Å². The van der Waals surface area contributed by atoms with E-state index in [1.54, 1.807) is 54.6 Å². The van der Waals surface area contributed by atoms with Gasteiger partial charge in [0.1, 0.15) is 18.2 Å². The number of para-hydroxylation sites is 2. The molecule has 3 aromatic rings. The van der Waals surface area contributed by atoms with Gasteiger partial charge in [0.25, 0.3) is 5.91 Å². The maximum atomic E-state index is 14.4. The fourth-order valence-electron chi connectivity index (χ4n) is 3.06. The first-order valence-corrected chi connectivity index (χ1v) is 12.2. The Morgan fingerprint density at radius 2 is 1.65 bits per heavy atom. The van der Waals surface area contributed by atoms with Crippen molar-refractivity contribution in [3.63, 3.8) is 0 Å². The largest absolute Gasteiger partial charge is 0.490 e. The van der Waals surface area contributed by atoms with Crippen LogP contribution in [0.3, 0.4) is 0 Å². The molecule has 0 fully saturated rings. The van der Waals surface area contributed by atoms with Crippen LogP contribution in [0.15, 0.2) is 72.8 Å². The summed E-state index contributed by atoms with van der Waals surface area (Å²) in [6, 6.07) is 19.2. The number of hydrogen-bond donors (Lipinski definition) is 1. The van der Waals surface area contributed by atoms with Crippen molar-refractivity contribution in [3.05, 3.63) is 94.8 Å². The number of rotatable bonds is 10. The third-order valence-corrected chi connectivity index (χ3v) is 7.00. The monoisotopic (exact) mass is 505 g/mol. The van der Waals surface area contributed by atoms with E-state index >= 15 is 0 Å². The van der Waals surface area contributed by atoms with Crippen molar-refractivity contribution in [2.45, 2.75) is 6.54 Å². The van der Waals surface area contributed by atoms with Crippen LogP contribution in [0.1, 0.15) is 15.9 Å². The van der Waals surface area contributed by atoms with Crippen LogP contribution in [0.4, 0.5) is 10.1 Å². The molecular weight excluding hydrogens is 481 g/mol. The molecule has 7 nitrogen and oxygen atoms in total. The second-order valence-electron chi connectivity index (χ2n) is 7.48. The molecule has 1 N–H and O–H groups in total. The average Bonchev–Trinajstić information content (AvgIpc) is 2.82. The van der Waals surface area contributed by atoms with Crippen LogP contribution in [0.2, 0.25) is 5.02 Å². The van der Waals surface area contributed by atoms with Gasteiger partial charge < -0.3 is 10.1 Å². The van der Waals surface area contributed by atoms with E-state index in [-0.39, 0.29) is 31.3 Å². The average molecular weight is 506 g/mol. The number of ether oxygens (including phenoxy) is 1. The van der Waals surface area contributed by atoms with Crippen molar-refractivity contribution in [2.75, 3.05) is 31.6 Å². The fourth-order valence-corrected chi connectivity index (χ4v) is 4.35. The van der Waals surface area contributed by atoms with Crippen LogP contribution >= 0.6 is 11.6 Å². The Labute approximate surface area is 203 Å². The first-order chi connectivity index (χ1) is 16.2. The van der Waals surface area contributed by atoms with Crippen molar-refractivity contribution < 1.29 is 22.3 Å². The highest BCUT2D eigenvalue weighted by atomic mass is 35.5. The van der Waals surface area contributed by atoms with Crippen molar-refractivity contribution in [2.24, 2.45) is 0 Å². The summed E-state index contributed by atoms with van der Waals surface area (Å²) in [7, 11) is -1.19. The van der Waals surface area contributed by atoms with Crippen LogP contribution in [0.25, 0.3) is 0 Å². The minimum absolute atomic E-state index is 0.0588. The predicted octanol–water partition coefficient (Wildman–Crippen LogP) is 4.10. The van der Waals surface area contributed by atoms with E-state index in [1.807, 2.05) is 0 Å². The van der Waals surface area contributed by atoms with Gasteiger partial charge in [0.05, 0.1) is 23.8 Å². The summed E-state index contributed by atoms with van der Waals surface area (Å²) in [5, 5.41) is 3.24. The lowest BCUT2D eigenvalue weighted by atomic mass is 10.1. The smallest absolute Gasteiger partial charge is 0.303 e. The first kappa shape index (κ1) is 25.5. The second kappa shape index (κ2) is 11.3. The minimum atomic E-state index is -3.96. The Bertz CT molecular complexity index is 1240. The minimum Gasteiger partial charge on any atom is -0.490 e. The van der Waals surface area contributed by atoms with Gasteiger partial charge in [0, 0.05) is 19.7 Å². The Kier molecular flexibility index (Phi) is 8.49. The van der Waals surface area contributed by atoms with Crippen molar-refractivity contribution in [1.82, 2.24) is 9.62 Å². The summed E-state index contributed by atoms with van der Waals surface area (Å²) in [5.74, 6) is -0.418. The molecule has 3 aromatic carbocycles. The van der Waals surface area contributed by atoms with Gasteiger partial charge in [-0.2, -0.15) is 12.7 Å². The van der Waals surface area contributed by atoms with E-state index < -0.39 is 16.0 Å². The van der Waals surface area contributed by atoms with E-state index in [0.717, 1.165) is 8.61 Å². The molecule has 0 atom stereocenters. The van der Waals surface area contributed by atoms with E-state index in [4.69, 9.17) is 16.3 Å². The summed E-state index contributed by atoms with van der Waals surface area (Å²) in [4.78, 5) is 12.4. The maximum Gasteiger partial charge on any atom is 0.303 e. The zero-order valence-electron chi connectivity index (χ0n) is 18.7. The van der Waals surface area contributed by atoms with Crippen LogP contribution in [0, 0.1) is 5.82 Å². The SMILES string of the molecule is CN(C)S(=O)(=O)N(Cc1ccc(C(=O)NCCOc2ccccc2Cl)cc1)c1ccccc1F.